The lowest BCUT2D eigenvalue weighted by Gasteiger charge is -2.24. The van der Waals surface area contributed by atoms with Crippen LogP contribution in [0.1, 0.15) is 26.5 Å². The Kier molecular flexibility index (Phi) is 3.88. The molecule has 3 aromatic rings. The molecule has 1 nitrogen and oxygen atoms in total. The molecular formula is C19H17Cl2N. The maximum atomic E-state index is 6.44. The number of fused-ring (bicyclic) bond motifs is 1. The van der Waals surface area contributed by atoms with Crippen LogP contribution in [0.5, 0.6) is 0 Å². The highest BCUT2D eigenvalue weighted by atomic mass is 35.5. The zero-order chi connectivity index (χ0) is 15.9. The van der Waals surface area contributed by atoms with Crippen LogP contribution in [0.15, 0.2) is 48.5 Å². The van der Waals surface area contributed by atoms with Crippen LogP contribution in [0, 0.1) is 0 Å². The van der Waals surface area contributed by atoms with Gasteiger partial charge in [0.05, 0.1) is 10.7 Å². The molecule has 2 aromatic carbocycles. The molecule has 0 atom stereocenters. The number of benzene rings is 2. The van der Waals surface area contributed by atoms with Gasteiger partial charge in [-0.05, 0) is 17.0 Å². The first-order valence-corrected chi connectivity index (χ1v) is 7.99. The molecule has 0 saturated heterocycles. The maximum absolute atomic E-state index is 6.44. The molecule has 0 spiro atoms. The monoisotopic (exact) mass is 329 g/mol. The van der Waals surface area contributed by atoms with E-state index in [0.29, 0.717) is 10.2 Å². The minimum atomic E-state index is -0.120. The third-order valence-electron chi connectivity index (χ3n) is 3.71. The van der Waals surface area contributed by atoms with Crippen LogP contribution in [-0.2, 0) is 5.41 Å². The molecule has 0 aliphatic rings. The largest absolute Gasteiger partial charge is 0.239 e. The van der Waals surface area contributed by atoms with Gasteiger partial charge in [-0.3, -0.25) is 0 Å². The summed E-state index contributed by atoms with van der Waals surface area (Å²) in [6.45, 7) is 6.44. The van der Waals surface area contributed by atoms with E-state index in [1.807, 2.05) is 30.3 Å². The standard InChI is InChI=1S/C19H17Cl2N/c1-19(2,3)17-15(12-8-5-4-6-9-12)13-10-7-11-14(20)16(13)18(21)22-17/h4-11H,1-3H3. The Morgan fingerprint density at radius 3 is 2.18 bits per heavy atom. The van der Waals surface area contributed by atoms with Gasteiger partial charge >= 0.3 is 0 Å². The summed E-state index contributed by atoms with van der Waals surface area (Å²) in [5, 5.41) is 2.96. The number of hydrogen-bond acceptors (Lipinski definition) is 1. The molecule has 1 heterocycles. The smallest absolute Gasteiger partial charge is 0.138 e. The lowest BCUT2D eigenvalue weighted by molar-refractivity contribution is 0.572. The van der Waals surface area contributed by atoms with Gasteiger partial charge < -0.3 is 0 Å². The second-order valence-electron chi connectivity index (χ2n) is 6.40. The summed E-state index contributed by atoms with van der Waals surface area (Å²) in [6, 6.07) is 16.1. The van der Waals surface area contributed by atoms with E-state index in [9.17, 15) is 0 Å². The van der Waals surface area contributed by atoms with Crippen molar-refractivity contribution in [2.45, 2.75) is 26.2 Å². The van der Waals surface area contributed by atoms with Crippen molar-refractivity contribution in [3.63, 3.8) is 0 Å². The molecule has 0 amide bonds. The maximum Gasteiger partial charge on any atom is 0.138 e. The minimum absolute atomic E-state index is 0.120. The predicted octanol–water partition coefficient (Wildman–Crippen LogP) is 6.51. The Hall–Kier alpha value is -1.57. The van der Waals surface area contributed by atoms with Gasteiger partial charge in [0.15, 0.2) is 0 Å². The summed E-state index contributed by atoms with van der Waals surface area (Å²) >= 11 is 12.8. The fourth-order valence-electron chi connectivity index (χ4n) is 2.72. The summed E-state index contributed by atoms with van der Waals surface area (Å²) < 4.78 is 0. The van der Waals surface area contributed by atoms with Crippen molar-refractivity contribution in [1.82, 2.24) is 4.98 Å². The van der Waals surface area contributed by atoms with Crippen LogP contribution in [-0.4, -0.2) is 4.98 Å². The quantitative estimate of drug-likeness (QED) is 0.464. The zero-order valence-electron chi connectivity index (χ0n) is 12.8. The van der Waals surface area contributed by atoms with Crippen molar-refractivity contribution in [2.75, 3.05) is 0 Å². The third-order valence-corrected chi connectivity index (χ3v) is 4.30. The van der Waals surface area contributed by atoms with Crippen LogP contribution in [0.2, 0.25) is 10.2 Å². The number of pyridine rings is 1. The Balaban J connectivity index is 2.51. The Labute approximate surface area is 140 Å². The van der Waals surface area contributed by atoms with Crippen molar-refractivity contribution in [3.8, 4) is 11.1 Å². The van der Waals surface area contributed by atoms with Crippen LogP contribution in [0.3, 0.4) is 0 Å². The summed E-state index contributed by atoms with van der Waals surface area (Å²) in [7, 11) is 0. The molecule has 0 fully saturated rings. The van der Waals surface area contributed by atoms with Gasteiger partial charge in [-0.2, -0.15) is 0 Å². The molecule has 0 unspecified atom stereocenters. The van der Waals surface area contributed by atoms with E-state index in [4.69, 9.17) is 28.2 Å². The van der Waals surface area contributed by atoms with E-state index < -0.39 is 0 Å². The van der Waals surface area contributed by atoms with Crippen LogP contribution < -0.4 is 0 Å². The number of hydrogen-bond donors (Lipinski definition) is 0. The fraction of sp³-hybridized carbons (Fsp3) is 0.211. The average Bonchev–Trinajstić information content (AvgIpc) is 2.47. The summed E-state index contributed by atoms with van der Waals surface area (Å²) in [4.78, 5) is 4.69. The second kappa shape index (κ2) is 5.57. The lowest BCUT2D eigenvalue weighted by Crippen LogP contribution is -2.16. The fourth-order valence-corrected chi connectivity index (χ4v) is 3.32. The second-order valence-corrected chi connectivity index (χ2v) is 7.17. The molecule has 0 aliphatic heterocycles. The van der Waals surface area contributed by atoms with E-state index in [1.165, 1.54) is 0 Å². The highest BCUT2D eigenvalue weighted by Gasteiger charge is 2.24. The van der Waals surface area contributed by atoms with E-state index >= 15 is 0 Å². The Bertz CT molecular complexity index is 833. The molecule has 0 N–H and O–H groups in total. The van der Waals surface area contributed by atoms with Gasteiger partial charge in [-0.25, -0.2) is 4.98 Å². The molecule has 22 heavy (non-hydrogen) atoms. The molecule has 3 rings (SSSR count). The van der Waals surface area contributed by atoms with Gasteiger partial charge in [-0.1, -0.05) is 86.4 Å². The van der Waals surface area contributed by atoms with Gasteiger partial charge in [0.2, 0.25) is 0 Å². The first-order chi connectivity index (χ1) is 10.4. The topological polar surface area (TPSA) is 12.9 Å². The molecular weight excluding hydrogens is 313 g/mol. The minimum Gasteiger partial charge on any atom is -0.239 e. The van der Waals surface area contributed by atoms with E-state index in [-0.39, 0.29) is 5.41 Å². The molecule has 0 radical (unpaired) electrons. The number of aromatic nitrogens is 1. The SMILES string of the molecule is CC(C)(C)c1nc(Cl)c2c(Cl)cccc2c1-c1ccccc1. The van der Waals surface area contributed by atoms with Crippen LogP contribution >= 0.6 is 23.2 Å². The lowest BCUT2D eigenvalue weighted by atomic mass is 9.84. The summed E-state index contributed by atoms with van der Waals surface area (Å²) in [5.74, 6) is 0. The predicted molar refractivity (Wildman–Crippen MR) is 95.9 cm³/mol. The van der Waals surface area contributed by atoms with Crippen molar-refractivity contribution >= 4 is 34.0 Å². The molecule has 0 aliphatic carbocycles. The Morgan fingerprint density at radius 2 is 1.55 bits per heavy atom. The third kappa shape index (κ3) is 2.60. The van der Waals surface area contributed by atoms with Crippen molar-refractivity contribution in [1.29, 1.82) is 0 Å². The number of nitrogens with zero attached hydrogens (tertiary/aromatic N) is 1. The van der Waals surface area contributed by atoms with Crippen LogP contribution in [0.4, 0.5) is 0 Å². The molecule has 0 bridgehead atoms. The zero-order valence-corrected chi connectivity index (χ0v) is 14.3. The normalized spacial score (nSPS) is 11.9. The molecule has 0 saturated carbocycles. The van der Waals surface area contributed by atoms with Crippen LogP contribution in [0.25, 0.3) is 21.9 Å². The molecule has 1 aromatic heterocycles. The first kappa shape index (κ1) is 15.3. The Morgan fingerprint density at radius 1 is 0.864 bits per heavy atom. The number of halogens is 2. The van der Waals surface area contributed by atoms with Crippen molar-refractivity contribution in [2.24, 2.45) is 0 Å². The number of rotatable bonds is 1. The molecule has 112 valence electrons. The van der Waals surface area contributed by atoms with E-state index in [0.717, 1.165) is 27.6 Å². The van der Waals surface area contributed by atoms with Gasteiger partial charge in [0.25, 0.3) is 0 Å². The highest BCUT2D eigenvalue weighted by Crippen LogP contribution is 2.41. The van der Waals surface area contributed by atoms with Crippen molar-refractivity contribution < 1.29 is 0 Å². The average molecular weight is 330 g/mol. The van der Waals surface area contributed by atoms with Crippen molar-refractivity contribution in [3.05, 3.63) is 64.4 Å². The van der Waals surface area contributed by atoms with E-state index in [1.54, 1.807) is 0 Å². The van der Waals surface area contributed by atoms with Gasteiger partial charge in [0.1, 0.15) is 5.15 Å². The highest BCUT2D eigenvalue weighted by molar-refractivity contribution is 6.42. The molecule has 3 heteroatoms. The first-order valence-electron chi connectivity index (χ1n) is 7.23. The van der Waals surface area contributed by atoms with Gasteiger partial charge in [-0.15, -0.1) is 0 Å². The van der Waals surface area contributed by atoms with E-state index in [2.05, 4.69) is 39.0 Å². The van der Waals surface area contributed by atoms with Gasteiger partial charge in [0, 0.05) is 16.4 Å². The summed E-state index contributed by atoms with van der Waals surface area (Å²) in [6.07, 6.45) is 0. The summed E-state index contributed by atoms with van der Waals surface area (Å²) in [5.41, 5.74) is 3.10.